The van der Waals surface area contributed by atoms with Crippen LogP contribution in [-0.2, 0) is 5.41 Å². The molecule has 0 aliphatic heterocycles. The first-order valence-electron chi connectivity index (χ1n) is 21.7. The quantitative estimate of drug-likeness (QED) is 0.151. The highest BCUT2D eigenvalue weighted by molar-refractivity contribution is 5.89. The van der Waals surface area contributed by atoms with E-state index in [2.05, 4.69) is 237 Å². The maximum absolute atomic E-state index is 2.46. The van der Waals surface area contributed by atoms with Gasteiger partial charge in [0.05, 0.1) is 0 Å². The number of benzene rings is 8. The summed E-state index contributed by atoms with van der Waals surface area (Å²) in [6.45, 7) is 22.4. The molecule has 2 heteroatoms. The van der Waals surface area contributed by atoms with Gasteiger partial charge in [0.15, 0.2) is 0 Å². The Morgan fingerprint density at radius 1 is 0.295 bits per heavy atom. The van der Waals surface area contributed by atoms with Crippen LogP contribution in [0.1, 0.15) is 69.5 Å². The molecule has 2 nitrogen and oxygen atoms in total. The SMILES string of the molecule is Cc1ccc(N(c2ccc(C)cc2)c2cc(C)c(-c3ccc4c(c3)C(C)(C)c3cc(-c5cc(C)c(N(c6ccc(C)cc6)c6ccc(C)cc6)cc5C)ccc3-4)cc2C)cc1. The Morgan fingerprint density at radius 3 is 0.885 bits per heavy atom. The van der Waals surface area contributed by atoms with Crippen LogP contribution in [0.15, 0.2) is 158 Å². The Kier molecular flexibility index (Phi) is 10.1. The number of aryl methyl sites for hydroxylation is 8. The van der Waals surface area contributed by atoms with E-state index in [1.807, 2.05) is 0 Å². The zero-order valence-electron chi connectivity index (χ0n) is 37.4. The van der Waals surface area contributed by atoms with Crippen LogP contribution in [0.3, 0.4) is 0 Å². The molecule has 0 aromatic heterocycles. The molecular formula is C59H56N2. The third-order valence-corrected chi connectivity index (χ3v) is 13.0. The summed E-state index contributed by atoms with van der Waals surface area (Å²) in [5.74, 6) is 0. The first kappa shape index (κ1) is 39.8. The van der Waals surface area contributed by atoms with Gasteiger partial charge in [0.2, 0.25) is 0 Å². The summed E-state index contributed by atoms with van der Waals surface area (Å²) in [5.41, 5.74) is 27.4. The molecule has 0 fully saturated rings. The monoisotopic (exact) mass is 792 g/mol. The van der Waals surface area contributed by atoms with Crippen LogP contribution >= 0.6 is 0 Å². The zero-order valence-corrected chi connectivity index (χ0v) is 37.4. The highest BCUT2D eigenvalue weighted by Crippen LogP contribution is 2.52. The van der Waals surface area contributed by atoms with E-state index >= 15 is 0 Å². The van der Waals surface area contributed by atoms with Crippen molar-refractivity contribution in [2.75, 3.05) is 9.80 Å². The predicted molar refractivity (Wildman–Crippen MR) is 262 cm³/mol. The highest BCUT2D eigenvalue weighted by atomic mass is 15.1. The number of hydrogen-bond acceptors (Lipinski definition) is 2. The Balaban J connectivity index is 1.06. The van der Waals surface area contributed by atoms with Crippen molar-refractivity contribution in [3.63, 3.8) is 0 Å². The highest BCUT2D eigenvalue weighted by Gasteiger charge is 2.36. The molecule has 0 unspecified atom stereocenters. The summed E-state index contributed by atoms with van der Waals surface area (Å²) in [4.78, 5) is 4.79. The van der Waals surface area contributed by atoms with Gasteiger partial charge in [-0.1, -0.05) is 109 Å². The lowest BCUT2D eigenvalue weighted by atomic mass is 9.80. The van der Waals surface area contributed by atoms with Crippen molar-refractivity contribution < 1.29 is 0 Å². The molecule has 1 aliphatic carbocycles. The van der Waals surface area contributed by atoms with Gasteiger partial charge in [-0.2, -0.15) is 0 Å². The number of anilines is 6. The summed E-state index contributed by atoms with van der Waals surface area (Å²) >= 11 is 0. The van der Waals surface area contributed by atoms with Crippen molar-refractivity contribution in [3.05, 3.63) is 213 Å². The molecule has 0 heterocycles. The van der Waals surface area contributed by atoms with Gasteiger partial charge in [-0.05, 0) is 207 Å². The van der Waals surface area contributed by atoms with E-state index in [0.717, 1.165) is 22.7 Å². The van der Waals surface area contributed by atoms with Crippen LogP contribution < -0.4 is 9.80 Å². The summed E-state index contributed by atoms with van der Waals surface area (Å²) in [7, 11) is 0. The van der Waals surface area contributed by atoms with Crippen molar-refractivity contribution in [2.24, 2.45) is 0 Å². The van der Waals surface area contributed by atoms with E-state index in [1.165, 1.54) is 100 Å². The fraction of sp³-hybridized carbons (Fsp3) is 0.186. The molecule has 0 bridgehead atoms. The van der Waals surface area contributed by atoms with Gasteiger partial charge in [0.1, 0.15) is 0 Å². The molecule has 0 spiro atoms. The third-order valence-electron chi connectivity index (χ3n) is 13.0. The summed E-state index contributed by atoms with van der Waals surface area (Å²) in [5, 5.41) is 0. The number of fused-ring (bicyclic) bond motifs is 3. The topological polar surface area (TPSA) is 6.48 Å². The predicted octanol–water partition coefficient (Wildman–Crippen LogP) is 16.7. The molecule has 0 radical (unpaired) electrons. The Morgan fingerprint density at radius 2 is 0.590 bits per heavy atom. The standard InChI is InChI=1S/C59H56N2/c1-37-11-21-47(22-12-37)60(48-23-13-38(2)14-24-48)57-33-41(5)53(31-43(57)7)45-19-29-51-52-30-20-46(36-56(52)59(9,10)55(51)35-45)54-32-44(8)58(34-42(54)6)61(49-25-15-39(3)16-26-49)50-27-17-40(4)18-28-50/h11-36H,1-10H3. The number of rotatable bonds is 8. The molecule has 0 amide bonds. The van der Waals surface area contributed by atoms with Crippen molar-refractivity contribution >= 4 is 34.1 Å². The van der Waals surface area contributed by atoms with Gasteiger partial charge in [0.25, 0.3) is 0 Å². The molecule has 8 aromatic rings. The minimum absolute atomic E-state index is 0.163. The molecule has 302 valence electrons. The maximum Gasteiger partial charge on any atom is 0.0493 e. The van der Waals surface area contributed by atoms with Gasteiger partial charge >= 0.3 is 0 Å². The third kappa shape index (κ3) is 7.25. The van der Waals surface area contributed by atoms with E-state index in [9.17, 15) is 0 Å². The molecule has 0 saturated carbocycles. The van der Waals surface area contributed by atoms with Crippen LogP contribution in [0.4, 0.5) is 34.1 Å². The lowest BCUT2D eigenvalue weighted by molar-refractivity contribution is 0.661. The van der Waals surface area contributed by atoms with Crippen LogP contribution in [0.25, 0.3) is 33.4 Å². The Bertz CT molecular complexity index is 2640. The summed E-state index contributed by atoms with van der Waals surface area (Å²) < 4.78 is 0. The Labute approximate surface area is 363 Å². The Hall–Kier alpha value is -6.64. The van der Waals surface area contributed by atoms with E-state index < -0.39 is 0 Å². The maximum atomic E-state index is 2.46. The van der Waals surface area contributed by atoms with Crippen LogP contribution in [0, 0.1) is 55.4 Å². The molecular weight excluding hydrogens is 737 g/mol. The average Bonchev–Trinajstić information content (AvgIpc) is 3.47. The molecule has 9 rings (SSSR count). The summed E-state index contributed by atoms with van der Waals surface area (Å²) in [6.07, 6.45) is 0. The fourth-order valence-electron chi connectivity index (χ4n) is 9.41. The van der Waals surface area contributed by atoms with Gasteiger partial charge in [-0.3, -0.25) is 0 Å². The second-order valence-electron chi connectivity index (χ2n) is 18.1. The largest absolute Gasteiger partial charge is 0.310 e. The molecule has 0 atom stereocenters. The van der Waals surface area contributed by atoms with Crippen molar-refractivity contribution in [2.45, 2.75) is 74.7 Å². The van der Waals surface area contributed by atoms with E-state index in [-0.39, 0.29) is 5.41 Å². The minimum Gasteiger partial charge on any atom is -0.310 e. The smallest absolute Gasteiger partial charge is 0.0493 e. The molecule has 61 heavy (non-hydrogen) atoms. The zero-order chi connectivity index (χ0) is 42.7. The molecule has 0 saturated heterocycles. The number of hydrogen-bond donors (Lipinski definition) is 0. The van der Waals surface area contributed by atoms with E-state index in [4.69, 9.17) is 0 Å². The van der Waals surface area contributed by atoms with Crippen LogP contribution in [0.2, 0.25) is 0 Å². The van der Waals surface area contributed by atoms with Gasteiger partial charge in [-0.15, -0.1) is 0 Å². The molecule has 8 aromatic carbocycles. The van der Waals surface area contributed by atoms with Crippen LogP contribution in [0.5, 0.6) is 0 Å². The van der Waals surface area contributed by atoms with Crippen molar-refractivity contribution in [1.82, 2.24) is 0 Å². The molecule has 1 aliphatic rings. The second kappa shape index (κ2) is 15.4. The van der Waals surface area contributed by atoms with E-state index in [0.29, 0.717) is 0 Å². The molecule has 0 N–H and O–H groups in total. The van der Waals surface area contributed by atoms with Gasteiger partial charge in [0, 0.05) is 39.5 Å². The van der Waals surface area contributed by atoms with Crippen molar-refractivity contribution in [3.8, 4) is 33.4 Å². The fourth-order valence-corrected chi connectivity index (χ4v) is 9.41. The number of nitrogens with zero attached hydrogens (tertiary/aromatic N) is 2. The van der Waals surface area contributed by atoms with E-state index in [1.54, 1.807) is 0 Å². The van der Waals surface area contributed by atoms with Gasteiger partial charge in [-0.25, -0.2) is 0 Å². The van der Waals surface area contributed by atoms with Gasteiger partial charge < -0.3 is 9.80 Å². The summed E-state index contributed by atoms with van der Waals surface area (Å²) in [6, 6.07) is 59.3. The minimum atomic E-state index is -0.163. The van der Waals surface area contributed by atoms with Crippen molar-refractivity contribution in [1.29, 1.82) is 0 Å². The average molecular weight is 793 g/mol. The lowest BCUT2D eigenvalue weighted by Gasteiger charge is -2.28. The van der Waals surface area contributed by atoms with Crippen LogP contribution in [-0.4, -0.2) is 0 Å². The second-order valence-corrected chi connectivity index (χ2v) is 18.1. The normalized spacial score (nSPS) is 12.6. The first-order chi connectivity index (χ1) is 29.3. The first-order valence-corrected chi connectivity index (χ1v) is 21.7. The lowest BCUT2D eigenvalue weighted by Crippen LogP contribution is -2.15.